The van der Waals surface area contributed by atoms with Crippen LogP contribution >= 0.6 is 27.3 Å². The topological polar surface area (TPSA) is 64.7 Å². The lowest BCUT2D eigenvalue weighted by Crippen LogP contribution is -2.03. The van der Waals surface area contributed by atoms with E-state index < -0.39 is 11.7 Å². The van der Waals surface area contributed by atoms with Crippen molar-refractivity contribution in [1.82, 2.24) is 15.0 Å². The van der Waals surface area contributed by atoms with Gasteiger partial charge in [-0.25, -0.2) is 15.0 Å². The molecule has 2 aromatic heterocycles. The Labute approximate surface area is 147 Å². The molecule has 4 nitrogen and oxygen atoms in total. The van der Waals surface area contributed by atoms with Crippen LogP contribution in [0.3, 0.4) is 0 Å². The summed E-state index contributed by atoms with van der Waals surface area (Å²) in [5.74, 6) is 0.136. The van der Waals surface area contributed by atoms with E-state index in [1.54, 1.807) is 6.20 Å². The zero-order chi connectivity index (χ0) is 17.5. The molecule has 0 saturated carbocycles. The van der Waals surface area contributed by atoms with Gasteiger partial charge >= 0.3 is 6.18 Å². The van der Waals surface area contributed by atoms with Crippen LogP contribution in [0.5, 0.6) is 0 Å². The summed E-state index contributed by atoms with van der Waals surface area (Å²) in [4.78, 5) is 13.3. The molecule has 0 unspecified atom stereocenters. The van der Waals surface area contributed by atoms with E-state index in [0.717, 1.165) is 17.0 Å². The SMILES string of the molecule is Cc1nc(-c2ccc(C(F)(F)F)cc2)sc1-c1nc(N)ncc1Br. The number of rotatable bonds is 2. The number of halogens is 4. The van der Waals surface area contributed by atoms with E-state index in [9.17, 15) is 13.2 Å². The Morgan fingerprint density at radius 2 is 1.79 bits per heavy atom. The van der Waals surface area contributed by atoms with Crippen molar-refractivity contribution < 1.29 is 13.2 Å². The van der Waals surface area contributed by atoms with E-state index in [2.05, 4.69) is 30.9 Å². The Bertz CT molecular complexity index is 891. The second-order valence-corrected chi connectivity index (χ2v) is 6.79. The van der Waals surface area contributed by atoms with E-state index in [4.69, 9.17) is 5.73 Å². The second kappa shape index (κ2) is 6.14. The molecule has 2 heterocycles. The Morgan fingerprint density at radius 3 is 2.42 bits per heavy atom. The number of hydrogen-bond donors (Lipinski definition) is 1. The number of nitrogens with two attached hydrogens (primary N) is 1. The fourth-order valence-electron chi connectivity index (χ4n) is 2.08. The van der Waals surface area contributed by atoms with Crippen LogP contribution in [0, 0.1) is 6.92 Å². The number of nitrogens with zero attached hydrogens (tertiary/aromatic N) is 3. The van der Waals surface area contributed by atoms with Crippen molar-refractivity contribution in [2.45, 2.75) is 13.1 Å². The average molecular weight is 415 g/mol. The first-order chi connectivity index (χ1) is 11.3. The van der Waals surface area contributed by atoms with Crippen LogP contribution in [-0.4, -0.2) is 15.0 Å². The maximum atomic E-state index is 12.6. The van der Waals surface area contributed by atoms with Gasteiger partial charge in [-0.3, -0.25) is 0 Å². The molecule has 0 bridgehead atoms. The predicted octanol–water partition coefficient (Wildman–Crippen LogP) is 4.94. The number of anilines is 1. The van der Waals surface area contributed by atoms with Crippen LogP contribution in [-0.2, 0) is 6.18 Å². The van der Waals surface area contributed by atoms with Crippen LogP contribution in [0.4, 0.5) is 19.1 Å². The van der Waals surface area contributed by atoms with Crippen molar-refractivity contribution in [3.8, 4) is 21.1 Å². The summed E-state index contributed by atoms with van der Waals surface area (Å²) >= 11 is 4.71. The molecule has 2 N–H and O–H groups in total. The van der Waals surface area contributed by atoms with Gasteiger partial charge in [0.05, 0.1) is 20.6 Å². The van der Waals surface area contributed by atoms with Crippen molar-refractivity contribution in [2.75, 3.05) is 5.73 Å². The molecular weight excluding hydrogens is 405 g/mol. The number of benzene rings is 1. The average Bonchev–Trinajstić information content (AvgIpc) is 2.91. The Kier molecular flexibility index (Phi) is 4.31. The summed E-state index contributed by atoms with van der Waals surface area (Å²) in [6.07, 6.45) is -2.81. The third-order valence-electron chi connectivity index (χ3n) is 3.23. The highest BCUT2D eigenvalue weighted by atomic mass is 79.9. The highest BCUT2D eigenvalue weighted by Gasteiger charge is 2.30. The summed E-state index contributed by atoms with van der Waals surface area (Å²) in [5, 5.41) is 0.611. The summed E-state index contributed by atoms with van der Waals surface area (Å²) in [5.41, 5.74) is 6.87. The van der Waals surface area contributed by atoms with Gasteiger partial charge in [0.15, 0.2) is 0 Å². The first kappa shape index (κ1) is 16.8. The standard InChI is InChI=1S/C15H10BrF3N4S/c1-7-12(11-10(16)6-21-14(20)23-11)24-13(22-7)8-2-4-9(5-3-8)15(17,18)19/h2-6H,1H3,(H2,20,21,23). The molecule has 0 aliphatic heterocycles. The van der Waals surface area contributed by atoms with E-state index in [1.807, 2.05) is 6.92 Å². The van der Waals surface area contributed by atoms with Crippen LogP contribution < -0.4 is 5.73 Å². The number of aromatic nitrogens is 3. The minimum absolute atomic E-state index is 0.136. The molecule has 0 amide bonds. The lowest BCUT2D eigenvalue weighted by Gasteiger charge is -2.06. The van der Waals surface area contributed by atoms with Gasteiger partial charge in [-0.15, -0.1) is 11.3 Å². The maximum absolute atomic E-state index is 12.6. The van der Waals surface area contributed by atoms with Gasteiger partial charge in [0.25, 0.3) is 0 Å². The molecule has 0 aliphatic carbocycles. The van der Waals surface area contributed by atoms with Crippen LogP contribution in [0.15, 0.2) is 34.9 Å². The van der Waals surface area contributed by atoms with E-state index >= 15 is 0 Å². The minimum atomic E-state index is -4.36. The maximum Gasteiger partial charge on any atom is 0.416 e. The third kappa shape index (κ3) is 3.27. The van der Waals surface area contributed by atoms with Gasteiger partial charge in [-0.2, -0.15) is 13.2 Å². The summed E-state index contributed by atoms with van der Waals surface area (Å²) in [6.45, 7) is 1.81. The van der Waals surface area contributed by atoms with Gasteiger partial charge in [-0.05, 0) is 35.0 Å². The molecule has 0 fully saturated rings. The zero-order valence-corrected chi connectivity index (χ0v) is 14.6. The van der Waals surface area contributed by atoms with Gasteiger partial charge < -0.3 is 5.73 Å². The first-order valence-corrected chi connectivity index (χ1v) is 8.30. The summed E-state index contributed by atoms with van der Waals surface area (Å²) in [6, 6.07) is 4.91. The smallest absolute Gasteiger partial charge is 0.368 e. The van der Waals surface area contributed by atoms with E-state index in [0.29, 0.717) is 26.4 Å². The van der Waals surface area contributed by atoms with Crippen molar-refractivity contribution in [3.05, 3.63) is 46.2 Å². The van der Waals surface area contributed by atoms with Gasteiger partial charge in [0.2, 0.25) is 5.95 Å². The molecule has 0 radical (unpaired) electrons. The fourth-order valence-corrected chi connectivity index (χ4v) is 3.68. The molecule has 3 rings (SSSR count). The number of thiazole rings is 1. The molecule has 3 aromatic rings. The number of aryl methyl sites for hydroxylation is 1. The van der Waals surface area contributed by atoms with E-state index in [-0.39, 0.29) is 5.95 Å². The summed E-state index contributed by atoms with van der Waals surface area (Å²) in [7, 11) is 0. The highest BCUT2D eigenvalue weighted by Crippen LogP contribution is 2.38. The third-order valence-corrected chi connectivity index (χ3v) is 5.03. The van der Waals surface area contributed by atoms with Gasteiger partial charge in [-0.1, -0.05) is 12.1 Å². The molecule has 0 saturated heterocycles. The molecule has 24 heavy (non-hydrogen) atoms. The minimum Gasteiger partial charge on any atom is -0.368 e. The van der Waals surface area contributed by atoms with Gasteiger partial charge in [0, 0.05) is 11.8 Å². The Morgan fingerprint density at radius 1 is 1.12 bits per heavy atom. The lowest BCUT2D eigenvalue weighted by molar-refractivity contribution is -0.137. The largest absolute Gasteiger partial charge is 0.416 e. The van der Waals surface area contributed by atoms with Crippen LogP contribution in [0.2, 0.25) is 0 Å². The van der Waals surface area contributed by atoms with Crippen LogP contribution in [0.25, 0.3) is 21.1 Å². The predicted molar refractivity (Wildman–Crippen MR) is 90.4 cm³/mol. The first-order valence-electron chi connectivity index (χ1n) is 6.69. The van der Waals surface area contributed by atoms with Crippen molar-refractivity contribution in [2.24, 2.45) is 0 Å². The summed E-state index contributed by atoms with van der Waals surface area (Å²) < 4.78 is 38.6. The fraction of sp³-hybridized carbons (Fsp3) is 0.133. The number of hydrogen-bond acceptors (Lipinski definition) is 5. The molecule has 0 atom stereocenters. The second-order valence-electron chi connectivity index (χ2n) is 4.93. The number of nitrogen functional groups attached to an aromatic ring is 1. The van der Waals surface area contributed by atoms with Crippen molar-refractivity contribution in [1.29, 1.82) is 0 Å². The molecular formula is C15H10BrF3N4S. The van der Waals surface area contributed by atoms with Crippen molar-refractivity contribution in [3.63, 3.8) is 0 Å². The molecule has 124 valence electrons. The van der Waals surface area contributed by atoms with Gasteiger partial charge in [0.1, 0.15) is 10.7 Å². The van der Waals surface area contributed by atoms with Crippen molar-refractivity contribution >= 4 is 33.2 Å². The Hall–Kier alpha value is -2.00. The number of alkyl halides is 3. The zero-order valence-electron chi connectivity index (χ0n) is 12.2. The monoisotopic (exact) mass is 414 g/mol. The highest BCUT2D eigenvalue weighted by molar-refractivity contribution is 9.10. The quantitative estimate of drug-likeness (QED) is 0.644. The molecule has 1 aromatic carbocycles. The van der Waals surface area contributed by atoms with Crippen LogP contribution in [0.1, 0.15) is 11.3 Å². The normalized spacial score (nSPS) is 11.7. The molecule has 0 spiro atoms. The molecule has 9 heteroatoms. The lowest BCUT2D eigenvalue weighted by atomic mass is 10.1. The molecule has 0 aliphatic rings. The van der Waals surface area contributed by atoms with E-state index in [1.165, 1.54) is 23.5 Å². The Balaban J connectivity index is 2.01.